The molecule has 3 aromatic rings. The summed E-state index contributed by atoms with van der Waals surface area (Å²) in [5.74, 6) is -0.492. The molecule has 4 nitrogen and oxygen atoms in total. The number of amides is 2. The Morgan fingerprint density at radius 2 is 1.08 bits per heavy atom. The van der Waals surface area contributed by atoms with Crippen LogP contribution in [0.1, 0.15) is 38.0 Å². The SMILES string of the molecule is Cc1ccc(C(NC(=O)c2ccccc2)NC(=O)c2ccccc2)cc1. The van der Waals surface area contributed by atoms with Gasteiger partial charge in [-0.05, 0) is 36.8 Å². The van der Waals surface area contributed by atoms with Crippen molar-refractivity contribution in [2.45, 2.75) is 13.1 Å². The van der Waals surface area contributed by atoms with Gasteiger partial charge in [-0.1, -0.05) is 66.2 Å². The molecule has 0 radical (unpaired) electrons. The van der Waals surface area contributed by atoms with Crippen molar-refractivity contribution in [1.29, 1.82) is 0 Å². The van der Waals surface area contributed by atoms with Crippen molar-refractivity contribution in [3.8, 4) is 0 Å². The molecule has 130 valence electrons. The number of rotatable bonds is 5. The maximum absolute atomic E-state index is 12.6. The smallest absolute Gasteiger partial charge is 0.253 e. The predicted molar refractivity (Wildman–Crippen MR) is 102 cm³/mol. The van der Waals surface area contributed by atoms with Crippen LogP contribution in [0.2, 0.25) is 0 Å². The van der Waals surface area contributed by atoms with Gasteiger partial charge in [0.05, 0.1) is 0 Å². The minimum Gasteiger partial charge on any atom is -0.328 e. The summed E-state index contributed by atoms with van der Waals surface area (Å²) in [6, 6.07) is 25.6. The zero-order valence-electron chi connectivity index (χ0n) is 14.5. The van der Waals surface area contributed by atoms with Crippen molar-refractivity contribution >= 4 is 11.8 Å². The summed E-state index contributed by atoms with van der Waals surface area (Å²) in [5, 5.41) is 5.80. The highest BCUT2D eigenvalue weighted by molar-refractivity contribution is 5.96. The second kappa shape index (κ2) is 8.12. The van der Waals surface area contributed by atoms with Crippen LogP contribution in [0.4, 0.5) is 0 Å². The van der Waals surface area contributed by atoms with E-state index in [0.29, 0.717) is 11.1 Å². The van der Waals surface area contributed by atoms with E-state index < -0.39 is 6.17 Å². The molecular formula is C22H20N2O2. The van der Waals surface area contributed by atoms with Gasteiger partial charge in [0.1, 0.15) is 6.17 Å². The third-order valence-electron chi connectivity index (χ3n) is 4.03. The quantitative estimate of drug-likeness (QED) is 0.691. The summed E-state index contributed by atoms with van der Waals surface area (Å²) < 4.78 is 0. The second-order valence-corrected chi connectivity index (χ2v) is 6.02. The molecule has 2 amide bonds. The number of aryl methyl sites for hydroxylation is 1. The second-order valence-electron chi connectivity index (χ2n) is 6.02. The van der Waals surface area contributed by atoms with Gasteiger partial charge in [0.25, 0.3) is 11.8 Å². The van der Waals surface area contributed by atoms with E-state index in [1.54, 1.807) is 48.5 Å². The van der Waals surface area contributed by atoms with E-state index in [-0.39, 0.29) is 11.8 Å². The van der Waals surface area contributed by atoms with Crippen LogP contribution in [0.15, 0.2) is 84.9 Å². The Balaban J connectivity index is 1.83. The predicted octanol–water partition coefficient (Wildman–Crippen LogP) is 3.85. The van der Waals surface area contributed by atoms with Gasteiger partial charge < -0.3 is 10.6 Å². The van der Waals surface area contributed by atoms with Crippen LogP contribution in [0.3, 0.4) is 0 Å². The third-order valence-corrected chi connectivity index (χ3v) is 4.03. The molecule has 0 saturated heterocycles. The standard InChI is InChI=1S/C22H20N2O2/c1-16-12-14-17(15-13-16)20(23-21(25)18-8-4-2-5-9-18)24-22(26)19-10-6-3-7-11-19/h2-15,20H,1H3,(H,23,25)(H,24,26). The first-order valence-electron chi connectivity index (χ1n) is 8.42. The minimum absolute atomic E-state index is 0.246. The molecule has 3 rings (SSSR count). The monoisotopic (exact) mass is 344 g/mol. The Bertz CT molecular complexity index is 822. The Labute approximate surface area is 152 Å². The minimum atomic E-state index is -0.629. The third kappa shape index (κ3) is 4.36. The first kappa shape index (κ1) is 17.4. The lowest BCUT2D eigenvalue weighted by Gasteiger charge is -2.21. The van der Waals surface area contributed by atoms with Crippen LogP contribution < -0.4 is 10.6 Å². The number of hydrogen-bond donors (Lipinski definition) is 2. The van der Waals surface area contributed by atoms with Crippen LogP contribution >= 0.6 is 0 Å². The fraction of sp³-hybridized carbons (Fsp3) is 0.0909. The Hall–Kier alpha value is -3.40. The van der Waals surface area contributed by atoms with Crippen molar-refractivity contribution in [3.05, 3.63) is 107 Å². The highest BCUT2D eigenvalue weighted by atomic mass is 16.2. The van der Waals surface area contributed by atoms with Gasteiger partial charge in [0.2, 0.25) is 0 Å². The molecule has 0 fully saturated rings. The molecule has 2 N–H and O–H groups in total. The molecule has 4 heteroatoms. The van der Waals surface area contributed by atoms with Crippen molar-refractivity contribution in [3.63, 3.8) is 0 Å². The summed E-state index contributed by atoms with van der Waals surface area (Å²) in [6.45, 7) is 1.99. The molecular weight excluding hydrogens is 324 g/mol. The van der Waals surface area contributed by atoms with E-state index in [9.17, 15) is 9.59 Å². The molecule has 0 heterocycles. The molecule has 26 heavy (non-hydrogen) atoms. The van der Waals surface area contributed by atoms with Crippen molar-refractivity contribution in [1.82, 2.24) is 10.6 Å². The molecule has 0 unspecified atom stereocenters. The fourth-order valence-corrected chi connectivity index (χ4v) is 2.57. The van der Waals surface area contributed by atoms with Gasteiger partial charge in [0, 0.05) is 11.1 Å². The van der Waals surface area contributed by atoms with Gasteiger partial charge in [-0.15, -0.1) is 0 Å². The number of carbonyl (C=O) groups excluding carboxylic acids is 2. The molecule has 0 spiro atoms. The van der Waals surface area contributed by atoms with Crippen LogP contribution in [-0.2, 0) is 0 Å². The first-order valence-corrected chi connectivity index (χ1v) is 8.42. The van der Waals surface area contributed by atoms with Crippen LogP contribution in [0.25, 0.3) is 0 Å². The average Bonchev–Trinajstić information content (AvgIpc) is 2.69. The van der Waals surface area contributed by atoms with Crippen molar-refractivity contribution in [2.75, 3.05) is 0 Å². The Morgan fingerprint density at radius 1 is 0.654 bits per heavy atom. The molecule has 0 aliphatic heterocycles. The van der Waals surface area contributed by atoms with Gasteiger partial charge in [-0.2, -0.15) is 0 Å². The van der Waals surface area contributed by atoms with Crippen molar-refractivity contribution in [2.24, 2.45) is 0 Å². The van der Waals surface area contributed by atoms with Crippen LogP contribution in [0.5, 0.6) is 0 Å². The van der Waals surface area contributed by atoms with E-state index in [1.807, 2.05) is 43.3 Å². The summed E-state index contributed by atoms with van der Waals surface area (Å²) in [7, 11) is 0. The average molecular weight is 344 g/mol. The number of nitrogens with one attached hydrogen (secondary N) is 2. The molecule has 0 atom stereocenters. The molecule has 3 aromatic carbocycles. The Kier molecular flexibility index (Phi) is 5.44. The molecule has 0 aliphatic rings. The summed E-state index contributed by atoms with van der Waals surface area (Å²) in [6.07, 6.45) is -0.629. The molecule has 0 saturated carbocycles. The van der Waals surface area contributed by atoms with Crippen LogP contribution in [-0.4, -0.2) is 11.8 Å². The summed E-state index contributed by atoms with van der Waals surface area (Å²) >= 11 is 0. The van der Waals surface area contributed by atoms with E-state index in [2.05, 4.69) is 10.6 Å². The number of hydrogen-bond acceptors (Lipinski definition) is 2. The van der Waals surface area contributed by atoms with Gasteiger partial charge in [-0.3, -0.25) is 9.59 Å². The van der Waals surface area contributed by atoms with E-state index >= 15 is 0 Å². The first-order chi connectivity index (χ1) is 12.6. The molecule has 0 aliphatic carbocycles. The number of carbonyl (C=O) groups is 2. The maximum atomic E-state index is 12.6. The fourth-order valence-electron chi connectivity index (χ4n) is 2.57. The number of benzene rings is 3. The highest BCUT2D eigenvalue weighted by Crippen LogP contribution is 2.14. The van der Waals surface area contributed by atoms with Gasteiger partial charge >= 0.3 is 0 Å². The Morgan fingerprint density at radius 3 is 1.50 bits per heavy atom. The lowest BCUT2D eigenvalue weighted by Crippen LogP contribution is -2.41. The maximum Gasteiger partial charge on any atom is 0.253 e. The summed E-state index contributed by atoms with van der Waals surface area (Å²) in [5.41, 5.74) is 3.00. The van der Waals surface area contributed by atoms with Gasteiger partial charge in [-0.25, -0.2) is 0 Å². The lowest BCUT2D eigenvalue weighted by molar-refractivity contribution is 0.0883. The molecule has 0 bridgehead atoms. The topological polar surface area (TPSA) is 58.2 Å². The van der Waals surface area contributed by atoms with E-state index in [4.69, 9.17) is 0 Å². The summed E-state index contributed by atoms with van der Waals surface area (Å²) in [4.78, 5) is 25.1. The zero-order valence-corrected chi connectivity index (χ0v) is 14.5. The lowest BCUT2D eigenvalue weighted by atomic mass is 10.1. The normalized spacial score (nSPS) is 10.4. The largest absolute Gasteiger partial charge is 0.328 e. The van der Waals surface area contributed by atoms with Gasteiger partial charge in [0.15, 0.2) is 0 Å². The zero-order chi connectivity index (χ0) is 18.4. The highest BCUT2D eigenvalue weighted by Gasteiger charge is 2.18. The molecule has 0 aromatic heterocycles. The van der Waals surface area contributed by atoms with E-state index in [1.165, 1.54) is 0 Å². The van der Waals surface area contributed by atoms with E-state index in [0.717, 1.165) is 11.1 Å². The van der Waals surface area contributed by atoms with Crippen molar-refractivity contribution < 1.29 is 9.59 Å². The van der Waals surface area contributed by atoms with Crippen LogP contribution in [0, 0.1) is 6.92 Å².